The van der Waals surface area contributed by atoms with E-state index in [-0.39, 0.29) is 5.91 Å². The largest absolute Gasteiger partial charge is 0.342 e. The molecular weight excluding hydrogens is 178 g/mol. The van der Waals surface area contributed by atoms with Gasteiger partial charge in [0, 0.05) is 6.54 Å². The molecule has 1 fully saturated rings. The Morgan fingerprint density at radius 3 is 2.64 bits per heavy atom. The van der Waals surface area contributed by atoms with Crippen molar-refractivity contribution in [1.29, 1.82) is 0 Å². The highest BCUT2D eigenvalue weighted by Crippen LogP contribution is 2.16. The smallest absolute Gasteiger partial charge is 0.252 e. The predicted octanol–water partition coefficient (Wildman–Crippen LogP) is 1.03. The number of aliphatic imine (C=N–C) groups is 1. The van der Waals surface area contributed by atoms with Gasteiger partial charge in [-0.05, 0) is 19.8 Å². The lowest BCUT2D eigenvalue weighted by molar-refractivity contribution is -0.123. The summed E-state index contributed by atoms with van der Waals surface area (Å²) in [5.74, 6) is 0.669. The van der Waals surface area contributed by atoms with Crippen molar-refractivity contribution in [2.24, 2.45) is 4.99 Å². The van der Waals surface area contributed by atoms with Crippen LogP contribution in [0.15, 0.2) is 4.99 Å². The molecule has 0 aromatic heterocycles. The van der Waals surface area contributed by atoms with Crippen LogP contribution in [0.25, 0.3) is 0 Å². The van der Waals surface area contributed by atoms with Crippen molar-refractivity contribution in [1.82, 2.24) is 10.6 Å². The third-order valence-corrected chi connectivity index (χ3v) is 2.37. The Morgan fingerprint density at radius 1 is 1.36 bits per heavy atom. The molecule has 80 valence electrons. The molecule has 1 amide bonds. The fourth-order valence-corrected chi connectivity index (χ4v) is 1.57. The Labute approximate surface area is 85.2 Å². The Kier molecular flexibility index (Phi) is 3.49. The number of hydrogen-bond acceptors (Lipinski definition) is 2. The Balaban J connectivity index is 2.63. The van der Waals surface area contributed by atoms with Crippen molar-refractivity contribution < 1.29 is 4.79 Å². The molecule has 1 aliphatic rings. The van der Waals surface area contributed by atoms with Gasteiger partial charge in [0.05, 0.1) is 0 Å². The van der Waals surface area contributed by atoms with E-state index in [1.807, 2.05) is 6.92 Å². The summed E-state index contributed by atoms with van der Waals surface area (Å²) in [6.45, 7) is 6.80. The summed E-state index contributed by atoms with van der Waals surface area (Å²) in [6.07, 6.45) is 2.81. The van der Waals surface area contributed by atoms with Gasteiger partial charge in [-0.3, -0.25) is 15.1 Å². The zero-order valence-corrected chi connectivity index (χ0v) is 9.18. The van der Waals surface area contributed by atoms with Crippen molar-refractivity contribution in [3.63, 3.8) is 0 Å². The summed E-state index contributed by atoms with van der Waals surface area (Å²) in [4.78, 5) is 15.8. The van der Waals surface area contributed by atoms with E-state index in [2.05, 4.69) is 29.5 Å². The molecule has 1 heterocycles. The first kappa shape index (κ1) is 11.0. The zero-order chi connectivity index (χ0) is 10.6. The highest BCUT2D eigenvalue weighted by molar-refractivity contribution is 6.08. The van der Waals surface area contributed by atoms with E-state index in [0.717, 1.165) is 25.8 Å². The van der Waals surface area contributed by atoms with Crippen LogP contribution in [0.1, 0.15) is 40.0 Å². The van der Waals surface area contributed by atoms with E-state index in [1.165, 1.54) is 0 Å². The molecule has 1 saturated heterocycles. The van der Waals surface area contributed by atoms with E-state index in [0.29, 0.717) is 5.96 Å². The molecule has 0 aromatic carbocycles. The number of amides is 1. The first-order valence-corrected chi connectivity index (χ1v) is 5.26. The highest BCUT2D eigenvalue weighted by Gasteiger charge is 2.39. The van der Waals surface area contributed by atoms with Gasteiger partial charge in [-0.1, -0.05) is 20.3 Å². The number of rotatable bonds is 4. The van der Waals surface area contributed by atoms with E-state index < -0.39 is 5.54 Å². The SMILES string of the molecule is CCCN=C1NC(=O)C(C)(CCC)N1. The monoisotopic (exact) mass is 197 g/mol. The minimum absolute atomic E-state index is 0.0363. The highest BCUT2D eigenvalue weighted by atomic mass is 16.2. The molecule has 0 aromatic rings. The predicted molar refractivity (Wildman–Crippen MR) is 57.2 cm³/mol. The van der Waals surface area contributed by atoms with E-state index in [4.69, 9.17) is 0 Å². The molecule has 1 unspecified atom stereocenters. The van der Waals surface area contributed by atoms with Crippen molar-refractivity contribution in [3.05, 3.63) is 0 Å². The molecule has 1 atom stereocenters. The molecule has 4 heteroatoms. The topological polar surface area (TPSA) is 53.5 Å². The standard InChI is InChI=1S/C10H19N3O/c1-4-6-10(3)8(14)12-9(13-10)11-7-5-2/h4-7H2,1-3H3,(H2,11,12,13,14). The third-order valence-electron chi connectivity index (χ3n) is 2.37. The van der Waals surface area contributed by atoms with Crippen LogP contribution in [0.5, 0.6) is 0 Å². The molecule has 0 saturated carbocycles. The van der Waals surface area contributed by atoms with Crippen LogP contribution in [-0.4, -0.2) is 24.0 Å². The second-order valence-electron chi connectivity index (χ2n) is 3.89. The van der Waals surface area contributed by atoms with Crippen LogP contribution in [0.2, 0.25) is 0 Å². The lowest BCUT2D eigenvalue weighted by atomic mass is 9.97. The summed E-state index contributed by atoms with van der Waals surface area (Å²) in [5.41, 5.74) is -0.457. The van der Waals surface area contributed by atoms with Crippen molar-refractivity contribution in [2.45, 2.75) is 45.6 Å². The van der Waals surface area contributed by atoms with E-state index >= 15 is 0 Å². The van der Waals surface area contributed by atoms with Gasteiger partial charge in [-0.15, -0.1) is 0 Å². The molecule has 4 nitrogen and oxygen atoms in total. The van der Waals surface area contributed by atoms with Gasteiger partial charge < -0.3 is 5.32 Å². The number of hydrogen-bond donors (Lipinski definition) is 2. The Morgan fingerprint density at radius 2 is 2.07 bits per heavy atom. The quantitative estimate of drug-likeness (QED) is 0.707. The van der Waals surface area contributed by atoms with Gasteiger partial charge in [-0.2, -0.15) is 0 Å². The van der Waals surface area contributed by atoms with Crippen LogP contribution in [-0.2, 0) is 4.79 Å². The van der Waals surface area contributed by atoms with Crippen LogP contribution in [0, 0.1) is 0 Å². The average molecular weight is 197 g/mol. The minimum atomic E-state index is -0.457. The number of nitrogens with one attached hydrogen (secondary N) is 2. The van der Waals surface area contributed by atoms with Crippen LogP contribution in [0.4, 0.5) is 0 Å². The first-order valence-electron chi connectivity index (χ1n) is 5.26. The van der Waals surface area contributed by atoms with Crippen molar-refractivity contribution in [3.8, 4) is 0 Å². The fourth-order valence-electron chi connectivity index (χ4n) is 1.57. The number of carbonyl (C=O) groups is 1. The average Bonchev–Trinajstić information content (AvgIpc) is 2.40. The van der Waals surface area contributed by atoms with Crippen LogP contribution < -0.4 is 10.6 Å². The Hall–Kier alpha value is -1.06. The van der Waals surface area contributed by atoms with E-state index in [1.54, 1.807) is 0 Å². The van der Waals surface area contributed by atoms with Crippen LogP contribution in [0.3, 0.4) is 0 Å². The maximum Gasteiger partial charge on any atom is 0.252 e. The van der Waals surface area contributed by atoms with Crippen LogP contribution >= 0.6 is 0 Å². The van der Waals surface area contributed by atoms with E-state index in [9.17, 15) is 4.79 Å². The maximum atomic E-state index is 11.6. The molecule has 0 bridgehead atoms. The minimum Gasteiger partial charge on any atom is -0.342 e. The maximum absolute atomic E-state index is 11.6. The molecule has 0 radical (unpaired) electrons. The summed E-state index contributed by atoms with van der Waals surface area (Å²) in [7, 11) is 0. The Bertz CT molecular complexity index is 250. The van der Waals surface area contributed by atoms with Crippen molar-refractivity contribution >= 4 is 11.9 Å². The summed E-state index contributed by atoms with van der Waals surface area (Å²) < 4.78 is 0. The lowest BCUT2D eigenvalue weighted by Crippen LogP contribution is -2.43. The molecule has 1 aliphatic heterocycles. The van der Waals surface area contributed by atoms with Gasteiger partial charge in [0.1, 0.15) is 5.54 Å². The van der Waals surface area contributed by atoms with Crippen molar-refractivity contribution in [2.75, 3.05) is 6.54 Å². The molecule has 1 rings (SSSR count). The molecule has 0 aliphatic carbocycles. The zero-order valence-electron chi connectivity index (χ0n) is 9.18. The lowest BCUT2D eigenvalue weighted by Gasteiger charge is -2.19. The molecule has 0 spiro atoms. The fraction of sp³-hybridized carbons (Fsp3) is 0.800. The van der Waals surface area contributed by atoms with Gasteiger partial charge in [0.2, 0.25) is 0 Å². The molecular formula is C10H19N3O. The van der Waals surface area contributed by atoms with Gasteiger partial charge >= 0.3 is 0 Å². The molecule has 2 N–H and O–H groups in total. The second-order valence-corrected chi connectivity index (χ2v) is 3.89. The number of guanidine groups is 1. The second kappa shape index (κ2) is 4.44. The normalized spacial score (nSPS) is 29.1. The first-order chi connectivity index (χ1) is 6.62. The summed E-state index contributed by atoms with van der Waals surface area (Å²) in [5, 5.41) is 5.91. The van der Waals surface area contributed by atoms with Gasteiger partial charge in [0.25, 0.3) is 5.91 Å². The summed E-state index contributed by atoms with van der Waals surface area (Å²) >= 11 is 0. The third kappa shape index (κ3) is 2.25. The summed E-state index contributed by atoms with van der Waals surface area (Å²) in [6, 6.07) is 0. The number of carbonyl (C=O) groups excluding carboxylic acids is 1. The van der Waals surface area contributed by atoms with Gasteiger partial charge in [-0.25, -0.2) is 0 Å². The van der Waals surface area contributed by atoms with Gasteiger partial charge in [0.15, 0.2) is 5.96 Å². The number of nitrogens with zero attached hydrogens (tertiary/aromatic N) is 1. The molecule has 14 heavy (non-hydrogen) atoms.